The minimum atomic E-state index is -2.99. The van der Waals surface area contributed by atoms with Gasteiger partial charge in [0.25, 0.3) is 0 Å². The number of ether oxygens (including phenoxy) is 2. The molecule has 1 rings (SSSR count). The van der Waals surface area contributed by atoms with Gasteiger partial charge in [0.2, 0.25) is 0 Å². The van der Waals surface area contributed by atoms with Crippen LogP contribution < -0.4 is 14.8 Å². The molecule has 18 heavy (non-hydrogen) atoms. The van der Waals surface area contributed by atoms with E-state index in [1.165, 1.54) is 32.2 Å². The topological polar surface area (TPSA) is 67.8 Å². The van der Waals surface area contributed by atoms with Gasteiger partial charge in [-0.1, -0.05) is 0 Å². The van der Waals surface area contributed by atoms with Crippen molar-refractivity contribution < 1.29 is 28.2 Å². The van der Waals surface area contributed by atoms with Crippen LogP contribution in [0.25, 0.3) is 0 Å². The Morgan fingerprint density at radius 1 is 1.44 bits per heavy atom. The second-order valence-corrected chi connectivity index (χ2v) is 3.44. The van der Waals surface area contributed by atoms with Crippen molar-refractivity contribution in [3.63, 3.8) is 0 Å². The molecule has 0 aliphatic heterocycles. The normalized spacial score (nSPS) is 12.1. The summed E-state index contributed by atoms with van der Waals surface area (Å²) in [6.07, 6.45) is 0. The third kappa shape index (κ3) is 3.76. The van der Waals surface area contributed by atoms with Gasteiger partial charge in [0, 0.05) is 6.07 Å². The third-order valence-corrected chi connectivity index (χ3v) is 2.15. The molecule has 2 N–H and O–H groups in total. The molecule has 0 fully saturated rings. The lowest BCUT2D eigenvalue weighted by atomic mass is 10.2. The Kier molecular flexibility index (Phi) is 4.70. The fourth-order valence-electron chi connectivity index (χ4n) is 1.24. The molecule has 1 aromatic rings. The van der Waals surface area contributed by atoms with E-state index in [1.54, 1.807) is 0 Å². The molecular formula is C11H13F2NO4. The summed E-state index contributed by atoms with van der Waals surface area (Å²) >= 11 is 0. The van der Waals surface area contributed by atoms with E-state index in [0.29, 0.717) is 5.75 Å². The molecule has 1 unspecified atom stereocenters. The highest BCUT2D eigenvalue weighted by molar-refractivity contribution is 5.78. The second-order valence-electron chi connectivity index (χ2n) is 3.44. The van der Waals surface area contributed by atoms with E-state index in [9.17, 15) is 13.6 Å². The van der Waals surface area contributed by atoms with E-state index in [0.717, 1.165) is 0 Å². The first-order valence-corrected chi connectivity index (χ1v) is 5.06. The summed E-state index contributed by atoms with van der Waals surface area (Å²) in [4.78, 5) is 10.7. The number of carboxylic acid groups (broad SMARTS) is 1. The lowest BCUT2D eigenvalue weighted by Gasteiger charge is -2.16. The van der Waals surface area contributed by atoms with Crippen molar-refractivity contribution in [1.82, 2.24) is 0 Å². The first-order valence-electron chi connectivity index (χ1n) is 5.06. The lowest BCUT2D eigenvalue weighted by Crippen LogP contribution is -2.25. The van der Waals surface area contributed by atoms with Crippen molar-refractivity contribution in [3.8, 4) is 11.5 Å². The Labute approximate surface area is 102 Å². The minimum Gasteiger partial charge on any atom is -0.497 e. The maximum absolute atomic E-state index is 12.2. The number of aliphatic carboxylic acids is 1. The molecule has 0 amide bonds. The van der Waals surface area contributed by atoms with Crippen LogP contribution in [0.15, 0.2) is 18.2 Å². The zero-order chi connectivity index (χ0) is 13.7. The van der Waals surface area contributed by atoms with Crippen LogP contribution >= 0.6 is 0 Å². The zero-order valence-electron chi connectivity index (χ0n) is 9.81. The lowest BCUT2D eigenvalue weighted by molar-refractivity contribution is -0.137. The molecule has 100 valence electrons. The first kappa shape index (κ1) is 14.0. The summed E-state index contributed by atoms with van der Waals surface area (Å²) in [6, 6.07) is 3.16. The van der Waals surface area contributed by atoms with Crippen molar-refractivity contribution in [2.75, 3.05) is 12.4 Å². The number of rotatable bonds is 6. The molecule has 0 saturated heterocycles. The molecule has 0 bridgehead atoms. The largest absolute Gasteiger partial charge is 0.497 e. The van der Waals surface area contributed by atoms with E-state index in [2.05, 4.69) is 10.1 Å². The highest BCUT2D eigenvalue weighted by atomic mass is 19.3. The van der Waals surface area contributed by atoms with Crippen molar-refractivity contribution >= 4 is 11.7 Å². The van der Waals surface area contributed by atoms with Crippen LogP contribution in [-0.2, 0) is 4.79 Å². The second kappa shape index (κ2) is 6.04. The number of halogens is 2. The Morgan fingerprint density at radius 3 is 2.61 bits per heavy atom. The average Bonchev–Trinajstić information content (AvgIpc) is 2.30. The summed E-state index contributed by atoms with van der Waals surface area (Å²) in [5, 5.41) is 11.3. The average molecular weight is 261 g/mol. The maximum atomic E-state index is 12.2. The standard InChI is InChI=1S/C11H13F2NO4/c1-6(10(15)16)14-8-5-7(17-2)3-4-9(8)18-11(12)13/h3-6,11,14H,1-2H3,(H,15,16). The predicted molar refractivity (Wildman–Crippen MR) is 60.3 cm³/mol. The highest BCUT2D eigenvalue weighted by Gasteiger charge is 2.16. The van der Waals surface area contributed by atoms with Crippen LogP contribution in [0, 0.1) is 0 Å². The van der Waals surface area contributed by atoms with Gasteiger partial charge in [0.05, 0.1) is 12.8 Å². The quantitative estimate of drug-likeness (QED) is 0.821. The number of benzene rings is 1. The first-order chi connectivity index (χ1) is 8.43. The van der Waals surface area contributed by atoms with Gasteiger partial charge in [-0.25, -0.2) is 0 Å². The van der Waals surface area contributed by atoms with Gasteiger partial charge in [-0.15, -0.1) is 0 Å². The summed E-state index contributed by atoms with van der Waals surface area (Å²) in [5.74, 6) is -0.851. The van der Waals surface area contributed by atoms with Crippen LogP contribution in [0.2, 0.25) is 0 Å². The summed E-state index contributed by atoms with van der Waals surface area (Å²) in [5.41, 5.74) is 0.129. The van der Waals surface area contributed by atoms with Crippen LogP contribution in [0.1, 0.15) is 6.92 Å². The Hall–Kier alpha value is -2.05. The predicted octanol–water partition coefficient (Wildman–Crippen LogP) is 2.18. The Morgan fingerprint density at radius 2 is 2.11 bits per heavy atom. The van der Waals surface area contributed by atoms with E-state index < -0.39 is 18.6 Å². The van der Waals surface area contributed by atoms with Crippen molar-refractivity contribution in [1.29, 1.82) is 0 Å². The molecule has 0 spiro atoms. The van der Waals surface area contributed by atoms with Crippen LogP contribution in [-0.4, -0.2) is 30.8 Å². The maximum Gasteiger partial charge on any atom is 0.387 e. The fourth-order valence-corrected chi connectivity index (χ4v) is 1.24. The Bertz CT molecular complexity index is 426. The van der Waals surface area contributed by atoms with Crippen molar-refractivity contribution in [2.45, 2.75) is 19.6 Å². The van der Waals surface area contributed by atoms with Crippen molar-refractivity contribution in [3.05, 3.63) is 18.2 Å². The molecule has 0 aromatic heterocycles. The number of nitrogens with one attached hydrogen (secondary N) is 1. The van der Waals surface area contributed by atoms with E-state index >= 15 is 0 Å². The zero-order valence-corrected chi connectivity index (χ0v) is 9.81. The SMILES string of the molecule is COc1ccc(OC(F)F)c(NC(C)C(=O)O)c1. The van der Waals surface area contributed by atoms with Gasteiger partial charge in [-0.3, -0.25) is 4.79 Å². The number of methoxy groups -OCH3 is 1. The number of anilines is 1. The highest BCUT2D eigenvalue weighted by Crippen LogP contribution is 2.30. The fraction of sp³-hybridized carbons (Fsp3) is 0.364. The Balaban J connectivity index is 2.99. The molecule has 0 heterocycles. The molecule has 0 radical (unpaired) electrons. The number of carbonyl (C=O) groups is 1. The van der Waals surface area contributed by atoms with Gasteiger partial charge in [-0.05, 0) is 19.1 Å². The molecule has 0 aliphatic rings. The van der Waals surface area contributed by atoms with Gasteiger partial charge in [0.15, 0.2) is 0 Å². The number of hydrogen-bond acceptors (Lipinski definition) is 4. The molecule has 0 aliphatic carbocycles. The minimum absolute atomic E-state index is 0.129. The van der Waals surface area contributed by atoms with Crippen LogP contribution in [0.3, 0.4) is 0 Å². The van der Waals surface area contributed by atoms with Gasteiger partial charge < -0.3 is 19.9 Å². The van der Waals surface area contributed by atoms with Crippen molar-refractivity contribution in [2.24, 2.45) is 0 Å². The van der Waals surface area contributed by atoms with Gasteiger partial charge in [-0.2, -0.15) is 8.78 Å². The third-order valence-electron chi connectivity index (χ3n) is 2.15. The molecule has 7 heteroatoms. The van der Waals surface area contributed by atoms with Crippen LogP contribution in [0.4, 0.5) is 14.5 Å². The molecule has 0 saturated carbocycles. The van der Waals surface area contributed by atoms with Gasteiger partial charge >= 0.3 is 12.6 Å². The van der Waals surface area contributed by atoms with E-state index in [4.69, 9.17) is 9.84 Å². The monoisotopic (exact) mass is 261 g/mol. The van der Waals surface area contributed by atoms with E-state index in [1.807, 2.05) is 0 Å². The molecule has 1 atom stereocenters. The number of alkyl halides is 2. The van der Waals surface area contributed by atoms with Crippen LogP contribution in [0.5, 0.6) is 11.5 Å². The summed E-state index contributed by atoms with van der Waals surface area (Å²) in [7, 11) is 1.41. The summed E-state index contributed by atoms with van der Waals surface area (Å²) in [6.45, 7) is -1.60. The molecule has 5 nitrogen and oxygen atoms in total. The van der Waals surface area contributed by atoms with Gasteiger partial charge in [0.1, 0.15) is 17.5 Å². The van der Waals surface area contributed by atoms with E-state index in [-0.39, 0.29) is 11.4 Å². The molecular weight excluding hydrogens is 248 g/mol. The number of hydrogen-bond donors (Lipinski definition) is 2. The smallest absolute Gasteiger partial charge is 0.387 e. The number of carboxylic acids is 1. The molecule has 1 aromatic carbocycles. The summed E-state index contributed by atoms with van der Waals surface area (Å²) < 4.78 is 33.6.